The van der Waals surface area contributed by atoms with Gasteiger partial charge in [-0.1, -0.05) is 65.8 Å². The highest BCUT2D eigenvalue weighted by atomic mass is 35.5. The minimum atomic E-state index is -0.536. The molecule has 34 heavy (non-hydrogen) atoms. The molecule has 0 spiro atoms. The first-order valence-electron chi connectivity index (χ1n) is 10.3. The van der Waals surface area contributed by atoms with Crippen LogP contribution in [0.25, 0.3) is 5.69 Å². The Balaban J connectivity index is 1.61. The van der Waals surface area contributed by atoms with Crippen molar-refractivity contribution in [1.29, 1.82) is 0 Å². The number of carbonyl (C=O) groups excluding carboxylic acids is 1. The quantitative estimate of drug-likeness (QED) is 0.201. The van der Waals surface area contributed by atoms with Crippen molar-refractivity contribution < 1.29 is 9.72 Å². The number of non-ortho nitro benzene ring substituents is 1. The lowest BCUT2D eigenvalue weighted by molar-refractivity contribution is -0.384. The average molecular weight is 494 g/mol. The zero-order chi connectivity index (χ0) is 24.1. The van der Waals surface area contributed by atoms with Crippen molar-refractivity contribution in [3.8, 4) is 5.69 Å². The van der Waals surface area contributed by atoms with Gasteiger partial charge < -0.3 is 5.32 Å². The van der Waals surface area contributed by atoms with Crippen LogP contribution in [-0.4, -0.2) is 25.6 Å². The maximum atomic E-state index is 12.7. The predicted octanol–water partition coefficient (Wildman–Crippen LogP) is 5.36. The number of nitro benzene ring substituents is 1. The van der Waals surface area contributed by atoms with Gasteiger partial charge in [-0.05, 0) is 36.2 Å². The van der Waals surface area contributed by atoms with Crippen LogP contribution in [0.5, 0.6) is 0 Å². The average Bonchev–Trinajstić information content (AvgIpc) is 3.26. The third-order valence-corrected chi connectivity index (χ3v) is 6.28. The molecule has 0 saturated carbocycles. The molecular formula is C24H20ClN5O3S. The molecule has 0 bridgehead atoms. The van der Waals surface area contributed by atoms with E-state index >= 15 is 0 Å². The molecule has 0 atom stereocenters. The summed E-state index contributed by atoms with van der Waals surface area (Å²) in [7, 11) is 0. The molecule has 3 aromatic carbocycles. The maximum absolute atomic E-state index is 12.7. The SMILES string of the molecule is Cc1ccc(Cl)cc1-n1c(CNC(=O)c2cccc([N+](=O)[O-])c2)nnc1SCc1ccccc1. The van der Waals surface area contributed by atoms with Crippen molar-refractivity contribution in [2.45, 2.75) is 24.4 Å². The first-order chi connectivity index (χ1) is 16.4. The zero-order valence-electron chi connectivity index (χ0n) is 18.1. The molecule has 1 N–H and O–H groups in total. The molecule has 4 rings (SSSR count). The topological polar surface area (TPSA) is 103 Å². The number of benzene rings is 3. The Morgan fingerprint density at radius 2 is 1.88 bits per heavy atom. The summed E-state index contributed by atoms with van der Waals surface area (Å²) in [6.07, 6.45) is 0. The number of carbonyl (C=O) groups is 1. The minimum Gasteiger partial charge on any atom is -0.345 e. The van der Waals surface area contributed by atoms with Crippen LogP contribution in [0, 0.1) is 17.0 Å². The molecule has 1 aromatic heterocycles. The van der Waals surface area contributed by atoms with Gasteiger partial charge in [-0.15, -0.1) is 10.2 Å². The fourth-order valence-corrected chi connectivity index (χ4v) is 4.40. The summed E-state index contributed by atoms with van der Waals surface area (Å²) >= 11 is 7.80. The normalized spacial score (nSPS) is 10.8. The zero-order valence-corrected chi connectivity index (χ0v) is 19.7. The van der Waals surface area contributed by atoms with Crippen molar-refractivity contribution in [3.05, 3.63) is 110 Å². The van der Waals surface area contributed by atoms with E-state index in [-0.39, 0.29) is 17.8 Å². The van der Waals surface area contributed by atoms with E-state index in [1.165, 1.54) is 36.0 Å². The molecule has 8 nitrogen and oxygen atoms in total. The van der Waals surface area contributed by atoms with E-state index in [0.29, 0.717) is 21.8 Å². The standard InChI is InChI=1S/C24H20ClN5O3S/c1-16-10-11-19(25)13-21(16)29-22(27-28-24(29)34-15-17-6-3-2-4-7-17)14-26-23(31)18-8-5-9-20(12-18)30(32)33/h2-13H,14-15H2,1H3,(H,26,31). The highest BCUT2D eigenvalue weighted by Crippen LogP contribution is 2.28. The van der Waals surface area contributed by atoms with Gasteiger partial charge in [-0.3, -0.25) is 19.5 Å². The van der Waals surface area contributed by atoms with Gasteiger partial charge in [0.25, 0.3) is 11.6 Å². The number of hydrogen-bond donors (Lipinski definition) is 1. The lowest BCUT2D eigenvalue weighted by Gasteiger charge is -2.14. The predicted molar refractivity (Wildman–Crippen MR) is 131 cm³/mol. The van der Waals surface area contributed by atoms with Gasteiger partial charge in [-0.2, -0.15) is 0 Å². The van der Waals surface area contributed by atoms with Crippen LogP contribution >= 0.6 is 23.4 Å². The second-order valence-electron chi connectivity index (χ2n) is 7.43. The number of nitrogens with zero attached hydrogens (tertiary/aromatic N) is 4. The number of aromatic nitrogens is 3. The largest absolute Gasteiger partial charge is 0.345 e. The molecule has 0 aliphatic heterocycles. The molecule has 0 fully saturated rings. The molecule has 172 valence electrons. The van der Waals surface area contributed by atoms with Crippen molar-refractivity contribution in [2.75, 3.05) is 0 Å². The van der Waals surface area contributed by atoms with E-state index < -0.39 is 10.8 Å². The first-order valence-corrected chi connectivity index (χ1v) is 11.7. The van der Waals surface area contributed by atoms with E-state index in [1.807, 2.05) is 60.0 Å². The lowest BCUT2D eigenvalue weighted by atomic mass is 10.2. The van der Waals surface area contributed by atoms with Crippen molar-refractivity contribution in [1.82, 2.24) is 20.1 Å². The molecule has 0 aliphatic carbocycles. The smallest absolute Gasteiger partial charge is 0.270 e. The number of thioether (sulfide) groups is 1. The van der Waals surface area contributed by atoms with Crippen LogP contribution in [-0.2, 0) is 12.3 Å². The third-order valence-electron chi connectivity index (χ3n) is 5.05. The summed E-state index contributed by atoms with van der Waals surface area (Å²) in [5, 5.41) is 23.7. The number of hydrogen-bond acceptors (Lipinski definition) is 6. The summed E-state index contributed by atoms with van der Waals surface area (Å²) < 4.78 is 1.88. The molecule has 10 heteroatoms. The Labute approximate surface area is 205 Å². The van der Waals surface area contributed by atoms with E-state index in [0.717, 1.165) is 16.8 Å². The van der Waals surface area contributed by atoms with Gasteiger partial charge in [0.05, 0.1) is 17.2 Å². The van der Waals surface area contributed by atoms with Crippen LogP contribution < -0.4 is 5.32 Å². The van der Waals surface area contributed by atoms with Crippen molar-refractivity contribution in [3.63, 3.8) is 0 Å². The Kier molecular flexibility index (Phi) is 7.24. The van der Waals surface area contributed by atoms with Crippen LogP contribution in [0.2, 0.25) is 5.02 Å². The number of amides is 1. The fraction of sp³-hybridized carbons (Fsp3) is 0.125. The van der Waals surface area contributed by atoms with Crippen LogP contribution in [0.3, 0.4) is 0 Å². The van der Waals surface area contributed by atoms with E-state index in [4.69, 9.17) is 11.6 Å². The first kappa shape index (κ1) is 23.5. The van der Waals surface area contributed by atoms with Crippen LogP contribution in [0.1, 0.15) is 27.3 Å². The number of rotatable bonds is 8. The molecule has 0 aliphatic rings. The lowest BCUT2D eigenvalue weighted by Crippen LogP contribution is -2.24. The molecule has 1 amide bonds. The summed E-state index contributed by atoms with van der Waals surface area (Å²) in [5.41, 5.74) is 2.97. The van der Waals surface area contributed by atoms with Gasteiger partial charge in [0.15, 0.2) is 11.0 Å². The summed E-state index contributed by atoms with van der Waals surface area (Å²) in [6, 6.07) is 21.1. The molecule has 0 unspecified atom stereocenters. The van der Waals surface area contributed by atoms with E-state index in [9.17, 15) is 14.9 Å². The van der Waals surface area contributed by atoms with Gasteiger partial charge in [0.1, 0.15) is 0 Å². The van der Waals surface area contributed by atoms with Crippen LogP contribution in [0.4, 0.5) is 5.69 Å². The highest BCUT2D eigenvalue weighted by molar-refractivity contribution is 7.98. The number of nitro groups is 1. The van der Waals surface area contributed by atoms with E-state index in [1.54, 1.807) is 0 Å². The molecule has 4 aromatic rings. The second-order valence-corrected chi connectivity index (χ2v) is 8.81. The Morgan fingerprint density at radius 3 is 2.65 bits per heavy atom. The maximum Gasteiger partial charge on any atom is 0.270 e. The number of aryl methyl sites for hydroxylation is 1. The Morgan fingerprint density at radius 1 is 1.09 bits per heavy atom. The molecule has 0 radical (unpaired) electrons. The molecule has 1 heterocycles. The minimum absolute atomic E-state index is 0.0758. The van der Waals surface area contributed by atoms with Gasteiger partial charge >= 0.3 is 0 Å². The molecule has 0 saturated heterocycles. The highest BCUT2D eigenvalue weighted by Gasteiger charge is 2.18. The number of halogens is 1. The van der Waals surface area contributed by atoms with Gasteiger partial charge in [0, 0.05) is 28.5 Å². The summed E-state index contributed by atoms with van der Waals surface area (Å²) in [4.78, 5) is 23.1. The number of nitrogens with one attached hydrogen (secondary N) is 1. The van der Waals surface area contributed by atoms with Crippen molar-refractivity contribution in [2.24, 2.45) is 0 Å². The monoisotopic (exact) mass is 493 g/mol. The Hall–Kier alpha value is -3.69. The summed E-state index contributed by atoms with van der Waals surface area (Å²) in [5.74, 6) is 0.762. The third kappa shape index (κ3) is 5.44. The van der Waals surface area contributed by atoms with Gasteiger partial charge in [-0.25, -0.2) is 0 Å². The van der Waals surface area contributed by atoms with Crippen molar-refractivity contribution >= 4 is 35.0 Å². The summed E-state index contributed by atoms with van der Waals surface area (Å²) in [6.45, 7) is 2.04. The molecular weight excluding hydrogens is 474 g/mol. The fourth-order valence-electron chi connectivity index (χ4n) is 3.32. The Bertz CT molecular complexity index is 1340. The van der Waals surface area contributed by atoms with Gasteiger partial charge in [0.2, 0.25) is 0 Å². The van der Waals surface area contributed by atoms with E-state index in [2.05, 4.69) is 15.5 Å². The van der Waals surface area contributed by atoms with Crippen LogP contribution in [0.15, 0.2) is 78.0 Å². The second kappa shape index (κ2) is 10.5.